The summed E-state index contributed by atoms with van der Waals surface area (Å²) < 4.78 is 16.6. The molecule has 0 saturated heterocycles. The van der Waals surface area contributed by atoms with E-state index in [0.717, 1.165) is 16.6 Å². The molecule has 0 saturated carbocycles. The third-order valence-electron chi connectivity index (χ3n) is 3.98. The second-order valence-electron chi connectivity index (χ2n) is 6.18. The number of aryl methyl sites for hydroxylation is 1. The number of nitrogens with zero attached hydrogens (tertiary/aromatic N) is 3. The van der Waals surface area contributed by atoms with Crippen molar-refractivity contribution in [2.75, 3.05) is 5.75 Å². The Hall–Kier alpha value is -3.13. The average Bonchev–Trinajstić information content (AvgIpc) is 3.34. The lowest BCUT2D eigenvalue weighted by Crippen LogP contribution is -2.11. The van der Waals surface area contributed by atoms with E-state index in [1.54, 1.807) is 6.92 Å². The summed E-state index contributed by atoms with van der Waals surface area (Å²) in [5, 5.41) is 8.43. The lowest BCUT2D eigenvalue weighted by molar-refractivity contribution is -0.146. The first-order chi connectivity index (χ1) is 13.6. The van der Waals surface area contributed by atoms with E-state index in [2.05, 4.69) is 15.2 Å². The summed E-state index contributed by atoms with van der Waals surface area (Å²) in [5.74, 6) is 0.278. The summed E-state index contributed by atoms with van der Waals surface area (Å²) in [6.45, 7) is 3.69. The van der Waals surface area contributed by atoms with Gasteiger partial charge in [0.1, 0.15) is 11.3 Å². The van der Waals surface area contributed by atoms with Gasteiger partial charge in [0.2, 0.25) is 5.89 Å². The molecule has 0 aliphatic heterocycles. The molecule has 0 radical (unpaired) electrons. The Bertz CT molecular complexity index is 1070. The highest BCUT2D eigenvalue weighted by Crippen LogP contribution is 2.25. The number of benzene rings is 2. The van der Waals surface area contributed by atoms with Crippen molar-refractivity contribution < 1.29 is 18.4 Å². The maximum absolute atomic E-state index is 12.1. The molecule has 0 unspecified atom stereocenters. The van der Waals surface area contributed by atoms with Crippen LogP contribution in [-0.2, 0) is 9.53 Å². The van der Waals surface area contributed by atoms with E-state index < -0.39 is 12.1 Å². The zero-order valence-corrected chi connectivity index (χ0v) is 16.1. The minimum atomic E-state index is -0.650. The Kier molecular flexibility index (Phi) is 5.12. The highest BCUT2D eigenvalue weighted by atomic mass is 32.2. The highest BCUT2D eigenvalue weighted by Gasteiger charge is 2.20. The van der Waals surface area contributed by atoms with Crippen molar-refractivity contribution in [2.24, 2.45) is 0 Å². The highest BCUT2D eigenvalue weighted by molar-refractivity contribution is 7.99. The quantitative estimate of drug-likeness (QED) is 0.346. The van der Waals surface area contributed by atoms with Gasteiger partial charge in [0.05, 0.1) is 0 Å². The summed E-state index contributed by atoms with van der Waals surface area (Å²) >= 11 is 1.18. The number of rotatable bonds is 6. The van der Waals surface area contributed by atoms with E-state index in [-0.39, 0.29) is 11.6 Å². The number of hydrogen-bond acceptors (Lipinski definition) is 8. The van der Waals surface area contributed by atoms with Crippen LogP contribution in [0.4, 0.5) is 0 Å². The fraction of sp³-hybridized carbons (Fsp3) is 0.200. The Morgan fingerprint density at radius 3 is 2.68 bits per heavy atom. The maximum atomic E-state index is 12.1. The number of carbonyl (C=O) groups is 1. The molecule has 2 aromatic heterocycles. The number of fused-ring (bicyclic) bond motifs is 1. The number of hydrogen-bond donors (Lipinski definition) is 0. The van der Waals surface area contributed by atoms with Crippen molar-refractivity contribution in [2.45, 2.75) is 25.2 Å². The molecule has 28 heavy (non-hydrogen) atoms. The van der Waals surface area contributed by atoms with Crippen LogP contribution in [0.5, 0.6) is 0 Å². The number of para-hydroxylation sites is 2. The summed E-state index contributed by atoms with van der Waals surface area (Å²) in [7, 11) is 0. The van der Waals surface area contributed by atoms with Crippen molar-refractivity contribution in [3.05, 3.63) is 60.0 Å². The molecule has 0 aliphatic carbocycles. The Balaban J connectivity index is 1.34. The predicted molar refractivity (Wildman–Crippen MR) is 104 cm³/mol. The summed E-state index contributed by atoms with van der Waals surface area (Å²) in [6, 6.07) is 15.2. The van der Waals surface area contributed by atoms with E-state index in [0.29, 0.717) is 16.7 Å². The molecule has 8 heteroatoms. The van der Waals surface area contributed by atoms with E-state index in [1.807, 2.05) is 55.5 Å². The van der Waals surface area contributed by atoms with Crippen molar-refractivity contribution in [3.8, 4) is 11.5 Å². The number of oxazole rings is 1. The Morgan fingerprint density at radius 1 is 1.11 bits per heavy atom. The van der Waals surface area contributed by atoms with E-state index in [4.69, 9.17) is 13.6 Å². The van der Waals surface area contributed by atoms with Crippen LogP contribution in [0, 0.1) is 6.92 Å². The van der Waals surface area contributed by atoms with Gasteiger partial charge in [-0.2, -0.15) is 0 Å². The number of esters is 1. The van der Waals surface area contributed by atoms with Crippen LogP contribution in [0.25, 0.3) is 22.6 Å². The van der Waals surface area contributed by atoms with Crippen LogP contribution in [0.3, 0.4) is 0 Å². The van der Waals surface area contributed by atoms with Crippen LogP contribution >= 0.6 is 11.8 Å². The topological polar surface area (TPSA) is 91.2 Å². The van der Waals surface area contributed by atoms with Crippen molar-refractivity contribution in [3.63, 3.8) is 0 Å². The number of ether oxygens (including phenoxy) is 1. The monoisotopic (exact) mass is 395 g/mol. The van der Waals surface area contributed by atoms with Crippen LogP contribution in [0.2, 0.25) is 0 Å². The van der Waals surface area contributed by atoms with Gasteiger partial charge in [0, 0.05) is 5.56 Å². The minimum Gasteiger partial charge on any atom is -0.452 e. The second kappa shape index (κ2) is 7.85. The van der Waals surface area contributed by atoms with Crippen LogP contribution < -0.4 is 0 Å². The van der Waals surface area contributed by atoms with Crippen LogP contribution in [0.1, 0.15) is 24.5 Å². The van der Waals surface area contributed by atoms with E-state index in [9.17, 15) is 4.79 Å². The van der Waals surface area contributed by atoms with Crippen molar-refractivity contribution in [1.82, 2.24) is 15.2 Å². The fourth-order valence-corrected chi connectivity index (χ4v) is 3.15. The van der Waals surface area contributed by atoms with Crippen molar-refractivity contribution in [1.29, 1.82) is 0 Å². The zero-order valence-electron chi connectivity index (χ0n) is 15.3. The van der Waals surface area contributed by atoms with Gasteiger partial charge in [-0.3, -0.25) is 4.79 Å². The number of aromatic nitrogens is 3. The van der Waals surface area contributed by atoms with Gasteiger partial charge < -0.3 is 13.6 Å². The van der Waals surface area contributed by atoms with Gasteiger partial charge in [0.25, 0.3) is 11.1 Å². The summed E-state index contributed by atoms with van der Waals surface area (Å²) in [5.41, 5.74) is 3.39. The predicted octanol–water partition coefficient (Wildman–Crippen LogP) is 4.58. The zero-order chi connectivity index (χ0) is 19.5. The van der Waals surface area contributed by atoms with Gasteiger partial charge in [-0.25, -0.2) is 4.98 Å². The van der Waals surface area contributed by atoms with Gasteiger partial charge >= 0.3 is 5.97 Å². The smallest absolute Gasteiger partial charge is 0.317 e. The minimum absolute atomic E-state index is 0.0656. The first-order valence-electron chi connectivity index (χ1n) is 8.67. The van der Waals surface area contributed by atoms with Crippen LogP contribution in [-0.4, -0.2) is 26.9 Å². The molecule has 4 rings (SSSR count). The molecule has 0 bridgehead atoms. The molecule has 0 aliphatic rings. The standard InChI is InChI=1S/C20H17N3O4S/c1-12-7-9-14(10-8-12)19-23-22-18(27-19)13(2)25-17(24)11-28-20-21-15-5-3-4-6-16(15)26-20/h3-10,13H,11H2,1-2H3/t13-/m0/s1. The molecule has 1 atom stereocenters. The molecular formula is C20H17N3O4S. The lowest BCUT2D eigenvalue weighted by atomic mass is 10.1. The number of carbonyl (C=O) groups excluding carboxylic acids is 1. The summed E-state index contributed by atoms with van der Waals surface area (Å²) in [4.78, 5) is 16.4. The number of thioether (sulfide) groups is 1. The fourth-order valence-electron chi connectivity index (χ4n) is 2.53. The lowest BCUT2D eigenvalue weighted by Gasteiger charge is -2.08. The third-order valence-corrected chi connectivity index (χ3v) is 4.78. The first-order valence-corrected chi connectivity index (χ1v) is 9.65. The van der Waals surface area contributed by atoms with Gasteiger partial charge in [-0.1, -0.05) is 41.6 Å². The molecule has 0 fully saturated rings. The Labute approximate surface area is 165 Å². The van der Waals surface area contributed by atoms with E-state index >= 15 is 0 Å². The molecular weight excluding hydrogens is 378 g/mol. The maximum Gasteiger partial charge on any atom is 0.317 e. The van der Waals surface area contributed by atoms with Gasteiger partial charge in [0.15, 0.2) is 11.7 Å². The van der Waals surface area contributed by atoms with Crippen LogP contribution in [0.15, 0.2) is 62.6 Å². The molecule has 142 valence electrons. The molecule has 2 heterocycles. The molecule has 4 aromatic rings. The van der Waals surface area contributed by atoms with Gasteiger partial charge in [-0.05, 0) is 38.1 Å². The van der Waals surface area contributed by atoms with E-state index in [1.165, 1.54) is 11.8 Å². The second-order valence-corrected chi connectivity index (χ2v) is 7.11. The molecule has 0 spiro atoms. The largest absolute Gasteiger partial charge is 0.452 e. The first kappa shape index (κ1) is 18.2. The normalized spacial score (nSPS) is 12.2. The van der Waals surface area contributed by atoms with Gasteiger partial charge in [-0.15, -0.1) is 10.2 Å². The van der Waals surface area contributed by atoms with Crippen molar-refractivity contribution >= 4 is 28.8 Å². The average molecular weight is 395 g/mol. The molecule has 0 amide bonds. The summed E-state index contributed by atoms with van der Waals surface area (Å²) in [6.07, 6.45) is -0.650. The molecule has 7 nitrogen and oxygen atoms in total. The third kappa shape index (κ3) is 4.07. The Morgan fingerprint density at radius 2 is 1.89 bits per heavy atom. The molecule has 2 aromatic carbocycles. The molecule has 0 N–H and O–H groups in total. The SMILES string of the molecule is Cc1ccc(-c2nnc([C@H](C)OC(=O)CSc3nc4ccccc4o3)o2)cc1.